The summed E-state index contributed by atoms with van der Waals surface area (Å²) in [4.78, 5) is 42.6. The van der Waals surface area contributed by atoms with Crippen molar-refractivity contribution in [3.05, 3.63) is 236 Å². The van der Waals surface area contributed by atoms with Crippen LogP contribution in [0, 0.1) is 13.8 Å². The molecule has 9 N–H and O–H groups in total. The molecule has 2 aliphatic heterocycles. The molecule has 0 spiro atoms. The van der Waals surface area contributed by atoms with Gasteiger partial charge in [0.05, 0.1) is 112 Å². The Labute approximate surface area is 813 Å². The summed E-state index contributed by atoms with van der Waals surface area (Å²) >= 11 is 25.5. The van der Waals surface area contributed by atoms with Crippen LogP contribution in [0.5, 0.6) is 23.0 Å². The Morgan fingerprint density at radius 2 is 0.674 bits per heavy atom. The number of nitrogens with zero attached hydrogens (tertiary/aromatic N) is 11. The number of morpholine rings is 1. The van der Waals surface area contributed by atoms with Crippen LogP contribution < -0.4 is 88.0 Å². The van der Waals surface area contributed by atoms with E-state index in [1.807, 2.05) is 147 Å². The minimum absolute atomic E-state index is 0.359. The molecule has 0 atom stereocenters. The van der Waals surface area contributed by atoms with Crippen LogP contribution in [0.3, 0.4) is 0 Å². The van der Waals surface area contributed by atoms with Gasteiger partial charge in [-0.25, -0.2) is 19.9 Å². The molecule has 0 radical (unpaired) electrons. The van der Waals surface area contributed by atoms with Crippen molar-refractivity contribution in [2.45, 2.75) is 58.8 Å². The minimum atomic E-state index is -2.50. The molecule has 0 unspecified atom stereocenters. The molecule has 37 heteroatoms. The van der Waals surface area contributed by atoms with Crippen LogP contribution in [0.1, 0.15) is 52.6 Å². The number of rotatable bonds is 36. The smallest absolute Gasteiger partial charge is 0.229 e. The van der Waals surface area contributed by atoms with Gasteiger partial charge >= 0.3 is 0 Å². The minimum Gasteiger partial charge on any atom is -0.495 e. The van der Waals surface area contributed by atoms with Crippen molar-refractivity contribution in [3.8, 4) is 23.0 Å². The van der Waals surface area contributed by atoms with Gasteiger partial charge in [-0.3, -0.25) is 4.90 Å². The molecule has 2 fully saturated rings. The molecule has 2 saturated heterocycles. The van der Waals surface area contributed by atoms with Gasteiger partial charge in [0.2, 0.25) is 23.8 Å². The number of likely N-dealkylation sites (tertiary alicyclic amines) is 1. The van der Waals surface area contributed by atoms with Crippen LogP contribution in [-0.2, 0) is 48.7 Å². The molecule has 14 rings (SSSR count). The van der Waals surface area contributed by atoms with E-state index in [2.05, 4.69) is 149 Å². The van der Waals surface area contributed by atoms with E-state index in [0.29, 0.717) is 107 Å². The molecule has 0 bridgehead atoms. The normalized spacial score (nSPS) is 13.0. The highest BCUT2D eigenvalue weighted by Gasteiger charge is 2.25. The summed E-state index contributed by atoms with van der Waals surface area (Å²) in [7, 11) is 2.68. The lowest BCUT2D eigenvalue weighted by molar-refractivity contribution is 0.0384. The molecule has 4 aromatic heterocycles. The van der Waals surface area contributed by atoms with Crippen molar-refractivity contribution in [3.63, 3.8) is 0 Å². The zero-order valence-corrected chi connectivity index (χ0v) is 86.3. The SMILES string of the molecule is CNCCc1cc(OC)c(Nc2ncc(Cl)c(Nc3ccccc3P(C)(C)=O)n2)cc1C.COc1cc(CCN(C)C)c(C)cc1Nc1ncc(Cl)c(Nc2ccccc2P(C)(C)=O)n1.COc1cc(CCN2CCCCC2)ccc1Nc1ncc(Cl)c(Nc2ccccc2P(C)(C)=O)n1.COc1cc(CCN2CCOCC2)ccc1Nc1ncc(Cl)c(Nc2ccccc2P(C)(C)=O)n1. The lowest BCUT2D eigenvalue weighted by atomic mass is 10.0. The number of para-hydroxylation sites is 4. The first-order valence-electron chi connectivity index (χ1n) is 44.3. The third-order valence-electron chi connectivity index (χ3n) is 22.2. The maximum atomic E-state index is 12.7. The van der Waals surface area contributed by atoms with E-state index in [0.717, 1.165) is 139 Å². The van der Waals surface area contributed by atoms with Crippen LogP contribution in [0.15, 0.2) is 183 Å². The summed E-state index contributed by atoms with van der Waals surface area (Å²) in [6.45, 7) is 27.8. The number of hydrogen-bond donors (Lipinski definition) is 9. The predicted octanol–water partition coefficient (Wildman–Crippen LogP) is 20.9. The molecule has 12 aromatic rings. The molecule has 135 heavy (non-hydrogen) atoms. The molecule has 6 heterocycles. The van der Waals surface area contributed by atoms with Crippen LogP contribution in [0.4, 0.5) is 92.6 Å². The molecular formula is C98H124Cl4N20O9P4. The third-order valence-corrected chi connectivity index (χ3v) is 29.5. The first-order valence-corrected chi connectivity index (χ1v) is 56.2. The second-order valence-electron chi connectivity index (χ2n) is 34.3. The van der Waals surface area contributed by atoms with Crippen molar-refractivity contribution in [2.75, 3.05) is 211 Å². The molecule has 0 amide bonds. The fourth-order valence-electron chi connectivity index (χ4n) is 15.0. The van der Waals surface area contributed by atoms with E-state index in [4.69, 9.17) is 70.1 Å². The Morgan fingerprint density at radius 3 is 0.985 bits per heavy atom. The first-order chi connectivity index (χ1) is 64.5. The average Bonchev–Trinajstić information content (AvgIpc) is 0.809. The number of nitrogens with one attached hydrogen (secondary N) is 9. The Hall–Kier alpha value is -10.4. The zero-order chi connectivity index (χ0) is 97.2. The van der Waals surface area contributed by atoms with Gasteiger partial charge in [0.25, 0.3) is 0 Å². The van der Waals surface area contributed by atoms with Crippen LogP contribution in [0.25, 0.3) is 0 Å². The number of hydrogen-bond acceptors (Lipinski definition) is 29. The molecule has 8 aromatic carbocycles. The van der Waals surface area contributed by atoms with E-state index < -0.39 is 28.6 Å². The van der Waals surface area contributed by atoms with E-state index in [1.165, 1.54) is 73.2 Å². The van der Waals surface area contributed by atoms with Gasteiger partial charge in [0.1, 0.15) is 71.7 Å². The van der Waals surface area contributed by atoms with Gasteiger partial charge in [-0.05, 0) is 277 Å². The molecule has 718 valence electrons. The number of likely N-dealkylation sites (N-methyl/N-ethyl adjacent to an activating group) is 2. The van der Waals surface area contributed by atoms with Gasteiger partial charge < -0.3 is 99.6 Å². The maximum absolute atomic E-state index is 12.7. The molecule has 0 aliphatic carbocycles. The Bertz CT molecular complexity index is 6050. The van der Waals surface area contributed by atoms with Gasteiger partial charge in [-0.1, -0.05) is 113 Å². The second-order valence-corrected chi connectivity index (χ2v) is 48.7. The standard InChI is InChI=1S/C26H33ClN5O2P.C25H31ClN5O3P.C24H31ClN5O2P.C23H29ClN5O2P/c1-34-23-17-19(13-16-32-14-7-4-8-15-32)11-12-21(23)30-26-28-18-20(27)25(31-26)29-22-9-5-6-10-24(22)35(2,3)33;1-33-22-16-18(10-11-31-12-14-34-15-13-31)8-9-20(22)29-25-27-17-19(26)24(30-25)28-21-6-4-5-7-23(21)35(2,3)32;1-16-13-20(21(32-4)14-17(16)11-12-30(2)3)28-24-26-15-18(25)23(29-24)27-19-9-7-8-10-22(19)33(5,6)31;1-15-12-19(20(31-3)13-16(15)10-11-25-2)28-23-26-14-17(24)22(29-23)27-18-8-6-7-9-21(18)32(4,5)30/h5-6,9-12,17-18H,4,7-8,13-16H2,1-3H3,(H2,28,29,30,31);4-9,16-17H,10-15H2,1-3H3,(H2,27,28,29,30);7-10,13-15H,11-12H2,1-6H3,(H2,26,27,28,29);6-9,12-14,25H,10-11H2,1-5H3,(H2,26,27,28,29). The van der Waals surface area contributed by atoms with E-state index in [1.54, 1.807) is 88.0 Å². The Kier molecular flexibility index (Phi) is 38.5. The Balaban J connectivity index is 0.000000173. The summed E-state index contributed by atoms with van der Waals surface area (Å²) in [5.41, 5.74) is 13.0. The van der Waals surface area contributed by atoms with Crippen molar-refractivity contribution < 1.29 is 41.9 Å². The van der Waals surface area contributed by atoms with Crippen molar-refractivity contribution in [1.82, 2.24) is 59.9 Å². The molecule has 0 saturated carbocycles. The first kappa shape index (κ1) is 105. The van der Waals surface area contributed by atoms with Crippen LogP contribution in [-0.4, -0.2) is 223 Å². The van der Waals surface area contributed by atoms with E-state index in [9.17, 15) is 18.3 Å². The fourth-order valence-corrected chi connectivity index (χ4v) is 20.1. The molecule has 29 nitrogen and oxygen atoms in total. The monoisotopic (exact) mass is 1990 g/mol. The number of aromatic nitrogens is 8. The fraction of sp³-hybridized carbons (Fsp3) is 0.347. The highest BCUT2D eigenvalue weighted by molar-refractivity contribution is 7.71. The number of piperidine rings is 1. The number of ether oxygens (including phenoxy) is 5. The van der Waals surface area contributed by atoms with Crippen LogP contribution >= 0.6 is 75.0 Å². The van der Waals surface area contributed by atoms with E-state index in [-0.39, 0.29) is 0 Å². The lowest BCUT2D eigenvalue weighted by Gasteiger charge is -2.26. The van der Waals surface area contributed by atoms with E-state index >= 15 is 0 Å². The van der Waals surface area contributed by atoms with Gasteiger partial charge in [-0.2, -0.15) is 19.9 Å². The largest absolute Gasteiger partial charge is 0.495 e. The van der Waals surface area contributed by atoms with Crippen LogP contribution in [0.2, 0.25) is 20.1 Å². The average molecular weight is 1990 g/mol. The predicted molar refractivity (Wildman–Crippen MR) is 563 cm³/mol. The van der Waals surface area contributed by atoms with Gasteiger partial charge in [0.15, 0.2) is 23.3 Å². The van der Waals surface area contributed by atoms with Gasteiger partial charge in [-0.15, -0.1) is 0 Å². The van der Waals surface area contributed by atoms with Crippen molar-refractivity contribution in [2.24, 2.45) is 0 Å². The summed E-state index contributed by atoms with van der Waals surface area (Å²) in [6.07, 6.45) is 13.8. The lowest BCUT2D eigenvalue weighted by Crippen LogP contribution is -2.37. The number of methoxy groups -OCH3 is 4. The maximum Gasteiger partial charge on any atom is 0.229 e. The number of benzene rings is 8. The topological polar surface area (TPSA) is 336 Å². The highest BCUT2D eigenvalue weighted by atomic mass is 35.5. The zero-order valence-electron chi connectivity index (χ0n) is 79.7. The summed E-state index contributed by atoms with van der Waals surface area (Å²) in [5, 5.41) is 33.4. The van der Waals surface area contributed by atoms with Crippen molar-refractivity contribution >= 4 is 189 Å². The third kappa shape index (κ3) is 31.0. The summed E-state index contributed by atoms with van der Waals surface area (Å²) in [5.74, 6) is 6.05. The van der Waals surface area contributed by atoms with Crippen molar-refractivity contribution in [1.29, 1.82) is 0 Å². The number of halogens is 4. The quantitative estimate of drug-likeness (QED) is 0.0165. The Morgan fingerprint density at radius 1 is 0.370 bits per heavy atom. The molecular weight excluding hydrogens is 1870 g/mol. The van der Waals surface area contributed by atoms with Gasteiger partial charge in [0, 0.05) is 53.9 Å². The summed E-state index contributed by atoms with van der Waals surface area (Å²) < 4.78 is 78.7. The second kappa shape index (κ2) is 49.5. The highest BCUT2D eigenvalue weighted by Crippen LogP contribution is 2.45. The number of aryl methyl sites for hydroxylation is 2. The number of anilines is 16. The molecule has 2 aliphatic rings. The summed E-state index contributed by atoms with van der Waals surface area (Å²) in [6, 6.07) is 50.2.